The molecule has 0 radical (unpaired) electrons. The van der Waals surface area contributed by atoms with Crippen molar-refractivity contribution in [1.29, 1.82) is 0 Å². The zero-order valence-electron chi connectivity index (χ0n) is 14.4. The topological polar surface area (TPSA) is 25.4 Å². The molecule has 0 unspecified atom stereocenters. The summed E-state index contributed by atoms with van der Waals surface area (Å²) < 4.78 is 18.8. The molecular weight excluding hydrogens is 327 g/mol. The Morgan fingerprint density at radius 1 is 1.04 bits per heavy atom. The summed E-state index contributed by atoms with van der Waals surface area (Å²) in [7, 11) is 0. The molecule has 1 fully saturated rings. The molecule has 0 aliphatic carbocycles. The van der Waals surface area contributed by atoms with Crippen molar-refractivity contribution in [3.05, 3.63) is 66.1 Å². The van der Waals surface area contributed by atoms with Gasteiger partial charge in [0.15, 0.2) is 0 Å². The van der Waals surface area contributed by atoms with Crippen molar-refractivity contribution >= 4 is 10.9 Å². The van der Waals surface area contributed by atoms with Crippen molar-refractivity contribution in [3.63, 3.8) is 0 Å². The molecule has 3 nitrogen and oxygen atoms in total. The number of morpholine rings is 1. The lowest BCUT2D eigenvalue weighted by atomic mass is 10.0. The highest BCUT2D eigenvalue weighted by molar-refractivity contribution is 5.84. The maximum absolute atomic E-state index is 13.5. The molecule has 4 rings (SSSR count). The quantitative estimate of drug-likeness (QED) is 0.661. The van der Waals surface area contributed by atoms with Crippen LogP contribution in [-0.2, 0) is 4.74 Å². The largest absolute Gasteiger partial charge is 0.379 e. The molecule has 0 amide bonds. The molecule has 1 aliphatic rings. The van der Waals surface area contributed by atoms with E-state index in [1.165, 1.54) is 12.1 Å². The first kappa shape index (κ1) is 16.7. The van der Waals surface area contributed by atoms with E-state index in [1.54, 1.807) is 12.3 Å². The molecule has 2 aromatic carbocycles. The fraction of sp³-hybridized carbons (Fsp3) is 0.227. The SMILES string of the molecule is Fc1cccc(-c2cnc3ccc(C#CCN4CCOCC4)cc3c2)c1. The van der Waals surface area contributed by atoms with Crippen molar-refractivity contribution in [2.45, 2.75) is 0 Å². The third-order valence-corrected chi connectivity index (χ3v) is 4.48. The number of pyridine rings is 1. The van der Waals surface area contributed by atoms with Gasteiger partial charge in [-0.1, -0.05) is 24.0 Å². The van der Waals surface area contributed by atoms with Crippen LogP contribution >= 0.6 is 0 Å². The maximum atomic E-state index is 13.5. The highest BCUT2D eigenvalue weighted by atomic mass is 19.1. The molecule has 1 aromatic heterocycles. The summed E-state index contributed by atoms with van der Waals surface area (Å²) in [4.78, 5) is 6.78. The van der Waals surface area contributed by atoms with Crippen LogP contribution in [0.2, 0.25) is 0 Å². The lowest BCUT2D eigenvalue weighted by Gasteiger charge is -2.24. The molecule has 1 aliphatic heterocycles. The third-order valence-electron chi connectivity index (χ3n) is 4.48. The van der Waals surface area contributed by atoms with E-state index in [0.29, 0.717) is 0 Å². The summed E-state index contributed by atoms with van der Waals surface area (Å²) in [6, 6.07) is 14.6. The van der Waals surface area contributed by atoms with Crippen LogP contribution in [0.15, 0.2) is 54.7 Å². The minimum absolute atomic E-state index is 0.245. The van der Waals surface area contributed by atoms with Gasteiger partial charge in [-0.3, -0.25) is 9.88 Å². The van der Waals surface area contributed by atoms with Crippen molar-refractivity contribution < 1.29 is 9.13 Å². The number of benzene rings is 2. The predicted molar refractivity (Wildman–Crippen MR) is 101 cm³/mol. The van der Waals surface area contributed by atoms with Gasteiger partial charge >= 0.3 is 0 Å². The summed E-state index contributed by atoms with van der Waals surface area (Å²) >= 11 is 0. The van der Waals surface area contributed by atoms with Crippen molar-refractivity contribution in [1.82, 2.24) is 9.88 Å². The molecule has 2 heterocycles. The molecule has 0 N–H and O–H groups in total. The lowest BCUT2D eigenvalue weighted by molar-refractivity contribution is 0.0443. The summed E-state index contributed by atoms with van der Waals surface area (Å²) in [5.74, 6) is 6.23. The van der Waals surface area contributed by atoms with E-state index in [0.717, 1.165) is 60.4 Å². The molecule has 1 saturated heterocycles. The predicted octanol–water partition coefficient (Wildman–Crippen LogP) is 3.72. The van der Waals surface area contributed by atoms with Gasteiger partial charge in [-0.25, -0.2) is 4.39 Å². The smallest absolute Gasteiger partial charge is 0.123 e. The van der Waals surface area contributed by atoms with Crippen LogP contribution in [0.5, 0.6) is 0 Å². The second kappa shape index (κ2) is 7.65. The third kappa shape index (κ3) is 3.91. The van der Waals surface area contributed by atoms with Gasteiger partial charge in [0.2, 0.25) is 0 Å². The molecular formula is C22H19FN2O. The highest BCUT2D eigenvalue weighted by Gasteiger charge is 2.08. The van der Waals surface area contributed by atoms with E-state index in [2.05, 4.69) is 21.7 Å². The number of fused-ring (bicyclic) bond motifs is 1. The average Bonchev–Trinajstić information content (AvgIpc) is 2.68. The lowest BCUT2D eigenvalue weighted by Crippen LogP contribution is -2.36. The second-order valence-electron chi connectivity index (χ2n) is 6.33. The number of rotatable bonds is 2. The zero-order valence-corrected chi connectivity index (χ0v) is 14.4. The van der Waals surface area contributed by atoms with Crippen molar-refractivity contribution in [3.8, 4) is 23.0 Å². The Bertz CT molecular complexity index is 984. The molecule has 0 bridgehead atoms. The Hall–Kier alpha value is -2.74. The highest BCUT2D eigenvalue weighted by Crippen LogP contribution is 2.23. The first-order valence-corrected chi connectivity index (χ1v) is 8.73. The molecule has 4 heteroatoms. The zero-order chi connectivity index (χ0) is 17.8. The standard InChI is InChI=1S/C22H19FN2O/c23-21-5-1-4-18(15-21)20-14-19-13-17(6-7-22(19)24-16-20)3-2-8-25-9-11-26-12-10-25/h1,4-7,13-16H,8-12H2. The van der Waals surface area contributed by atoms with E-state index in [9.17, 15) is 4.39 Å². The van der Waals surface area contributed by atoms with Crippen LogP contribution in [0.1, 0.15) is 5.56 Å². The average molecular weight is 346 g/mol. The summed E-state index contributed by atoms with van der Waals surface area (Å²) in [5, 5.41) is 1.00. The van der Waals surface area contributed by atoms with Gasteiger partial charge in [-0.05, 0) is 42.0 Å². The summed E-state index contributed by atoms with van der Waals surface area (Å²) in [6.45, 7) is 4.20. The van der Waals surface area contributed by atoms with Gasteiger partial charge in [0, 0.05) is 35.8 Å². The van der Waals surface area contributed by atoms with Gasteiger partial charge < -0.3 is 4.74 Å². The van der Waals surface area contributed by atoms with E-state index < -0.39 is 0 Å². The molecule has 3 aromatic rings. The Morgan fingerprint density at radius 2 is 1.92 bits per heavy atom. The number of ether oxygens (including phenoxy) is 1. The molecule has 0 saturated carbocycles. The van der Waals surface area contributed by atoms with Crippen LogP contribution in [0.25, 0.3) is 22.0 Å². The Balaban J connectivity index is 1.58. The molecule has 130 valence electrons. The Labute approximate surface area is 152 Å². The number of halogens is 1. The Kier molecular flexibility index (Phi) is 4.92. The summed E-state index contributed by atoms with van der Waals surface area (Å²) in [6.07, 6.45) is 1.78. The summed E-state index contributed by atoms with van der Waals surface area (Å²) in [5.41, 5.74) is 3.59. The number of hydrogen-bond donors (Lipinski definition) is 0. The van der Waals surface area contributed by atoms with Crippen molar-refractivity contribution in [2.75, 3.05) is 32.8 Å². The van der Waals surface area contributed by atoms with Crippen LogP contribution in [0.4, 0.5) is 4.39 Å². The monoisotopic (exact) mass is 346 g/mol. The fourth-order valence-electron chi connectivity index (χ4n) is 3.05. The van der Waals surface area contributed by atoms with E-state index >= 15 is 0 Å². The minimum atomic E-state index is -0.245. The van der Waals surface area contributed by atoms with Gasteiger partial charge in [0.05, 0.1) is 25.3 Å². The number of nitrogens with zero attached hydrogens (tertiary/aromatic N) is 2. The fourth-order valence-corrected chi connectivity index (χ4v) is 3.05. The normalized spacial score (nSPS) is 14.8. The van der Waals surface area contributed by atoms with Crippen LogP contribution in [0, 0.1) is 17.7 Å². The van der Waals surface area contributed by atoms with Crippen molar-refractivity contribution in [2.24, 2.45) is 0 Å². The number of aromatic nitrogens is 1. The van der Waals surface area contributed by atoms with Crippen LogP contribution < -0.4 is 0 Å². The minimum Gasteiger partial charge on any atom is -0.379 e. The number of hydrogen-bond acceptors (Lipinski definition) is 3. The van der Waals surface area contributed by atoms with E-state index in [-0.39, 0.29) is 5.82 Å². The first-order chi connectivity index (χ1) is 12.8. The maximum Gasteiger partial charge on any atom is 0.123 e. The van der Waals surface area contributed by atoms with E-state index in [4.69, 9.17) is 4.74 Å². The Morgan fingerprint density at radius 3 is 2.77 bits per heavy atom. The first-order valence-electron chi connectivity index (χ1n) is 8.73. The van der Waals surface area contributed by atoms with Gasteiger partial charge in [-0.15, -0.1) is 0 Å². The van der Waals surface area contributed by atoms with Gasteiger partial charge in [0.25, 0.3) is 0 Å². The van der Waals surface area contributed by atoms with E-state index in [1.807, 2.05) is 30.3 Å². The van der Waals surface area contributed by atoms with Gasteiger partial charge in [0.1, 0.15) is 5.82 Å². The molecule has 0 spiro atoms. The second-order valence-corrected chi connectivity index (χ2v) is 6.33. The van der Waals surface area contributed by atoms with Crippen LogP contribution in [-0.4, -0.2) is 42.7 Å². The molecule has 0 atom stereocenters. The van der Waals surface area contributed by atoms with Gasteiger partial charge in [-0.2, -0.15) is 0 Å². The molecule has 26 heavy (non-hydrogen) atoms. The van der Waals surface area contributed by atoms with Crippen LogP contribution in [0.3, 0.4) is 0 Å².